The van der Waals surface area contributed by atoms with Gasteiger partial charge in [0.05, 0.1) is 29.2 Å². The van der Waals surface area contributed by atoms with Crippen LogP contribution in [0.2, 0.25) is 0 Å². The first kappa shape index (κ1) is 24.6. The first-order valence-electron chi connectivity index (χ1n) is 11.1. The Bertz CT molecular complexity index is 1120. The average molecular weight is 471 g/mol. The number of hydrogen-bond acceptors (Lipinski definition) is 6. The van der Waals surface area contributed by atoms with Gasteiger partial charge in [0.15, 0.2) is 0 Å². The van der Waals surface area contributed by atoms with E-state index < -0.39 is 10.0 Å². The molecule has 1 heterocycles. The smallest absolute Gasteiger partial charge is 0.257 e. The Morgan fingerprint density at radius 3 is 2.36 bits per heavy atom. The van der Waals surface area contributed by atoms with Crippen LogP contribution in [0.15, 0.2) is 47.4 Å². The van der Waals surface area contributed by atoms with Crippen LogP contribution in [0.1, 0.15) is 36.2 Å². The molecule has 1 fully saturated rings. The molecule has 0 aromatic heterocycles. The molecule has 1 amide bonds. The number of benzene rings is 2. The topological polar surface area (TPSA) is 93.9 Å². The number of sulfonamides is 1. The minimum Gasteiger partial charge on any atom is -0.496 e. The fourth-order valence-electron chi connectivity index (χ4n) is 4.02. The number of anilines is 1. The minimum absolute atomic E-state index is 0.0874. The quantitative estimate of drug-likeness (QED) is 0.618. The van der Waals surface area contributed by atoms with E-state index in [0.29, 0.717) is 44.0 Å². The van der Waals surface area contributed by atoms with Crippen LogP contribution in [-0.2, 0) is 10.0 Å². The molecule has 2 aromatic rings. The van der Waals surface area contributed by atoms with Crippen molar-refractivity contribution in [2.24, 2.45) is 0 Å². The van der Waals surface area contributed by atoms with E-state index in [9.17, 15) is 13.2 Å². The SMILES string of the molecule is CCN(CC)S(=O)(=O)c1ccc(OC)c(C(=O)N2CCCN(c3ccc(C#N)cc3)CC2)c1. The van der Waals surface area contributed by atoms with Crippen molar-refractivity contribution in [1.29, 1.82) is 5.26 Å². The van der Waals surface area contributed by atoms with Gasteiger partial charge in [-0.05, 0) is 48.9 Å². The minimum atomic E-state index is -3.69. The Kier molecular flexibility index (Phi) is 7.95. The second kappa shape index (κ2) is 10.7. The third-order valence-electron chi connectivity index (χ3n) is 5.89. The lowest BCUT2D eigenvalue weighted by molar-refractivity contribution is 0.0763. The molecule has 33 heavy (non-hydrogen) atoms. The van der Waals surface area contributed by atoms with Crippen LogP contribution in [0.3, 0.4) is 0 Å². The normalized spacial score (nSPS) is 14.6. The fraction of sp³-hybridized carbons (Fsp3) is 0.417. The van der Waals surface area contributed by atoms with Crippen LogP contribution in [0.4, 0.5) is 5.69 Å². The lowest BCUT2D eigenvalue weighted by Crippen LogP contribution is -2.35. The van der Waals surface area contributed by atoms with E-state index in [1.807, 2.05) is 12.1 Å². The number of amides is 1. The van der Waals surface area contributed by atoms with E-state index in [1.165, 1.54) is 23.5 Å². The van der Waals surface area contributed by atoms with Crippen molar-refractivity contribution in [3.8, 4) is 11.8 Å². The van der Waals surface area contributed by atoms with Gasteiger partial charge in [-0.3, -0.25) is 4.79 Å². The van der Waals surface area contributed by atoms with Crippen LogP contribution in [0.25, 0.3) is 0 Å². The Morgan fingerprint density at radius 1 is 1.06 bits per heavy atom. The second-order valence-electron chi connectivity index (χ2n) is 7.74. The molecule has 0 N–H and O–H groups in total. The zero-order valence-corrected chi connectivity index (χ0v) is 20.1. The number of nitrogens with zero attached hydrogens (tertiary/aromatic N) is 4. The lowest BCUT2D eigenvalue weighted by Gasteiger charge is -2.24. The number of hydrogen-bond donors (Lipinski definition) is 0. The van der Waals surface area contributed by atoms with Gasteiger partial charge in [0.2, 0.25) is 10.0 Å². The Hall–Kier alpha value is -3.09. The molecule has 1 saturated heterocycles. The van der Waals surface area contributed by atoms with Gasteiger partial charge >= 0.3 is 0 Å². The molecule has 0 atom stereocenters. The van der Waals surface area contributed by atoms with E-state index in [4.69, 9.17) is 10.00 Å². The summed E-state index contributed by atoms with van der Waals surface area (Å²) in [5.74, 6) is 0.108. The molecule has 9 heteroatoms. The van der Waals surface area contributed by atoms with Crippen molar-refractivity contribution in [2.75, 3.05) is 51.3 Å². The molecule has 1 aliphatic heterocycles. The summed E-state index contributed by atoms with van der Waals surface area (Å²) >= 11 is 0. The lowest BCUT2D eigenvalue weighted by atomic mass is 10.1. The monoisotopic (exact) mass is 470 g/mol. The Labute approximate surface area is 196 Å². The molecule has 3 rings (SSSR count). The molecular weight excluding hydrogens is 440 g/mol. The van der Waals surface area contributed by atoms with Crippen LogP contribution in [0, 0.1) is 11.3 Å². The van der Waals surface area contributed by atoms with E-state index in [-0.39, 0.29) is 16.4 Å². The second-order valence-corrected chi connectivity index (χ2v) is 9.68. The van der Waals surface area contributed by atoms with E-state index in [2.05, 4.69) is 11.0 Å². The van der Waals surface area contributed by atoms with Crippen molar-refractivity contribution in [3.63, 3.8) is 0 Å². The maximum Gasteiger partial charge on any atom is 0.257 e. The molecule has 0 aliphatic carbocycles. The zero-order chi connectivity index (χ0) is 24.0. The third kappa shape index (κ3) is 5.29. The average Bonchev–Trinajstić information content (AvgIpc) is 3.10. The highest BCUT2D eigenvalue weighted by molar-refractivity contribution is 7.89. The molecule has 1 aliphatic rings. The van der Waals surface area contributed by atoms with Crippen molar-refractivity contribution in [3.05, 3.63) is 53.6 Å². The molecule has 0 bridgehead atoms. The maximum atomic E-state index is 13.4. The van der Waals surface area contributed by atoms with Gasteiger partial charge in [0, 0.05) is 45.0 Å². The maximum absolute atomic E-state index is 13.4. The molecular formula is C24H30N4O4S. The summed E-state index contributed by atoms with van der Waals surface area (Å²) in [5.41, 5.74) is 1.86. The van der Waals surface area contributed by atoms with E-state index >= 15 is 0 Å². The van der Waals surface area contributed by atoms with Crippen molar-refractivity contribution >= 4 is 21.6 Å². The van der Waals surface area contributed by atoms with Gasteiger partial charge in [-0.25, -0.2) is 8.42 Å². The van der Waals surface area contributed by atoms with Gasteiger partial charge in [-0.15, -0.1) is 0 Å². The van der Waals surface area contributed by atoms with Gasteiger partial charge < -0.3 is 14.5 Å². The summed E-state index contributed by atoms with van der Waals surface area (Å²) in [6.07, 6.45) is 0.769. The molecule has 0 unspecified atom stereocenters. The fourth-order valence-corrected chi connectivity index (χ4v) is 5.51. The van der Waals surface area contributed by atoms with Crippen LogP contribution >= 0.6 is 0 Å². The highest BCUT2D eigenvalue weighted by atomic mass is 32.2. The van der Waals surface area contributed by atoms with Crippen molar-refractivity contribution in [2.45, 2.75) is 25.2 Å². The van der Waals surface area contributed by atoms with Crippen LogP contribution in [-0.4, -0.2) is 69.9 Å². The van der Waals surface area contributed by atoms with Gasteiger partial charge in [-0.2, -0.15) is 9.57 Å². The van der Waals surface area contributed by atoms with Crippen LogP contribution in [0.5, 0.6) is 5.75 Å². The summed E-state index contributed by atoms with van der Waals surface area (Å²) in [7, 11) is -2.22. The molecule has 0 spiro atoms. The summed E-state index contributed by atoms with van der Waals surface area (Å²) < 4.78 is 32.7. The first-order valence-corrected chi connectivity index (χ1v) is 12.5. The first-order chi connectivity index (χ1) is 15.8. The summed E-state index contributed by atoms with van der Waals surface area (Å²) in [6, 6.07) is 14.0. The molecule has 0 saturated carbocycles. The number of carbonyl (C=O) groups is 1. The predicted molar refractivity (Wildman–Crippen MR) is 127 cm³/mol. The molecule has 2 aromatic carbocycles. The van der Waals surface area contributed by atoms with Crippen molar-refractivity contribution < 1.29 is 17.9 Å². The Balaban J connectivity index is 1.83. The van der Waals surface area contributed by atoms with Gasteiger partial charge in [-0.1, -0.05) is 13.8 Å². The molecule has 176 valence electrons. The number of nitriles is 1. The summed E-state index contributed by atoms with van der Waals surface area (Å²) in [6.45, 7) is 6.75. The molecule has 0 radical (unpaired) electrons. The largest absolute Gasteiger partial charge is 0.496 e. The Morgan fingerprint density at radius 2 is 1.76 bits per heavy atom. The van der Waals surface area contributed by atoms with Crippen molar-refractivity contribution in [1.82, 2.24) is 9.21 Å². The van der Waals surface area contributed by atoms with E-state index in [1.54, 1.807) is 36.9 Å². The number of rotatable bonds is 7. The number of ether oxygens (including phenoxy) is 1. The standard InChI is InChI=1S/C24H30N4O4S/c1-4-28(5-2)33(30,31)21-11-12-23(32-3)22(17-21)24(29)27-14-6-13-26(15-16-27)20-9-7-19(18-25)8-10-20/h7-12,17H,4-6,13-16H2,1-3H3. The summed E-state index contributed by atoms with van der Waals surface area (Å²) in [4.78, 5) is 17.5. The van der Waals surface area contributed by atoms with Gasteiger partial charge in [0.25, 0.3) is 5.91 Å². The molecule has 8 nitrogen and oxygen atoms in total. The number of methoxy groups -OCH3 is 1. The van der Waals surface area contributed by atoms with E-state index in [0.717, 1.165) is 18.7 Å². The zero-order valence-electron chi connectivity index (χ0n) is 19.3. The highest BCUT2D eigenvalue weighted by Crippen LogP contribution is 2.27. The third-order valence-corrected chi connectivity index (χ3v) is 7.94. The van der Waals surface area contributed by atoms with Crippen LogP contribution < -0.4 is 9.64 Å². The van der Waals surface area contributed by atoms with Gasteiger partial charge in [0.1, 0.15) is 5.75 Å². The predicted octanol–water partition coefficient (Wildman–Crippen LogP) is 2.95. The summed E-state index contributed by atoms with van der Waals surface area (Å²) in [5, 5.41) is 9.00. The highest BCUT2D eigenvalue weighted by Gasteiger charge is 2.27. The number of carbonyl (C=O) groups excluding carboxylic acids is 1.